The van der Waals surface area contributed by atoms with Gasteiger partial charge in [0.25, 0.3) is 0 Å². The Labute approximate surface area is 208 Å². The second kappa shape index (κ2) is 14.2. The Hall–Kier alpha value is -2.04. The van der Waals surface area contributed by atoms with Crippen LogP contribution in [0.25, 0.3) is 0 Å². The zero-order valence-electron chi connectivity index (χ0n) is 19.5. The molecule has 3 rings (SSSR count). The smallest absolute Gasteiger partial charge is 0.191 e. The highest BCUT2D eigenvalue weighted by Gasteiger charge is 2.14. The average Bonchev–Trinajstić information content (AvgIpc) is 3.00. The number of halogens is 1. The van der Waals surface area contributed by atoms with Gasteiger partial charge >= 0.3 is 0 Å². The molecule has 0 aliphatic carbocycles. The molecule has 0 spiro atoms. The standard InChI is InChI=1S/C23H36N6O2.HI/c1-4-24-23(26-17-22-28-27-21-10-8-7-9-15-29(21)22)25-14-13-18-11-12-19(30-5-2)20(16-18)31-6-3;/h11-12,16H,4-10,13-15,17H2,1-3H3,(H2,24,25,26);1H. The molecule has 0 bridgehead atoms. The number of nitrogens with zero attached hydrogens (tertiary/aromatic N) is 4. The summed E-state index contributed by atoms with van der Waals surface area (Å²) in [6, 6.07) is 6.14. The molecule has 32 heavy (non-hydrogen) atoms. The van der Waals surface area contributed by atoms with E-state index in [4.69, 9.17) is 14.5 Å². The van der Waals surface area contributed by atoms with E-state index in [1.165, 1.54) is 24.8 Å². The van der Waals surface area contributed by atoms with E-state index in [2.05, 4.69) is 44.5 Å². The van der Waals surface area contributed by atoms with E-state index >= 15 is 0 Å². The monoisotopic (exact) mass is 556 g/mol. The third-order valence-electron chi connectivity index (χ3n) is 5.22. The number of nitrogens with one attached hydrogen (secondary N) is 2. The number of aromatic nitrogens is 3. The van der Waals surface area contributed by atoms with Gasteiger partial charge in [-0.25, -0.2) is 4.99 Å². The topological polar surface area (TPSA) is 85.6 Å². The summed E-state index contributed by atoms with van der Waals surface area (Å²) in [7, 11) is 0. The molecule has 2 aromatic rings. The molecule has 0 radical (unpaired) electrons. The van der Waals surface area contributed by atoms with Crippen LogP contribution in [-0.4, -0.2) is 47.0 Å². The Bertz CT molecular complexity index is 855. The molecule has 0 saturated carbocycles. The molecule has 1 aliphatic heterocycles. The van der Waals surface area contributed by atoms with Crippen LogP contribution in [0.1, 0.15) is 57.2 Å². The summed E-state index contributed by atoms with van der Waals surface area (Å²) >= 11 is 0. The zero-order valence-corrected chi connectivity index (χ0v) is 21.9. The number of benzene rings is 1. The van der Waals surface area contributed by atoms with Gasteiger partial charge in [0, 0.05) is 26.1 Å². The number of hydrogen-bond acceptors (Lipinski definition) is 5. The molecule has 1 aromatic carbocycles. The maximum absolute atomic E-state index is 5.73. The summed E-state index contributed by atoms with van der Waals surface area (Å²) < 4.78 is 13.6. The average molecular weight is 556 g/mol. The van der Waals surface area contributed by atoms with Crippen molar-refractivity contribution in [2.45, 2.75) is 66.0 Å². The highest BCUT2D eigenvalue weighted by Crippen LogP contribution is 2.28. The normalized spacial score (nSPS) is 13.5. The first kappa shape index (κ1) is 26.2. The van der Waals surface area contributed by atoms with Gasteiger partial charge in [-0.2, -0.15) is 0 Å². The lowest BCUT2D eigenvalue weighted by Gasteiger charge is -2.14. The van der Waals surface area contributed by atoms with Gasteiger partial charge < -0.3 is 24.7 Å². The maximum atomic E-state index is 5.73. The molecule has 1 aliphatic rings. The van der Waals surface area contributed by atoms with Gasteiger partial charge in [-0.05, 0) is 57.7 Å². The summed E-state index contributed by atoms with van der Waals surface area (Å²) in [4.78, 5) is 4.74. The van der Waals surface area contributed by atoms with Crippen LogP contribution in [0.2, 0.25) is 0 Å². The summed E-state index contributed by atoms with van der Waals surface area (Å²) in [6.07, 6.45) is 5.51. The van der Waals surface area contributed by atoms with Gasteiger partial charge in [0.1, 0.15) is 12.4 Å². The molecular weight excluding hydrogens is 519 g/mol. The maximum Gasteiger partial charge on any atom is 0.191 e. The van der Waals surface area contributed by atoms with E-state index in [1.807, 2.05) is 19.9 Å². The number of rotatable bonds is 10. The SMILES string of the molecule is CCNC(=NCc1nnc2n1CCCCC2)NCCc1ccc(OCC)c(OCC)c1.I. The second-order valence-electron chi connectivity index (χ2n) is 7.51. The fourth-order valence-electron chi connectivity index (χ4n) is 3.73. The van der Waals surface area contributed by atoms with Gasteiger partial charge in [-0.15, -0.1) is 34.2 Å². The Morgan fingerprint density at radius 1 is 1.03 bits per heavy atom. The van der Waals surface area contributed by atoms with Crippen LogP contribution in [0.3, 0.4) is 0 Å². The molecule has 0 unspecified atom stereocenters. The number of fused-ring (bicyclic) bond motifs is 1. The van der Waals surface area contributed by atoms with Crippen LogP contribution < -0.4 is 20.1 Å². The van der Waals surface area contributed by atoms with Crippen molar-refractivity contribution < 1.29 is 9.47 Å². The summed E-state index contributed by atoms with van der Waals surface area (Å²) in [5, 5.41) is 15.5. The number of guanidine groups is 1. The van der Waals surface area contributed by atoms with Crippen molar-refractivity contribution in [2.24, 2.45) is 4.99 Å². The van der Waals surface area contributed by atoms with E-state index in [-0.39, 0.29) is 24.0 Å². The minimum Gasteiger partial charge on any atom is -0.490 e. The Balaban J connectivity index is 0.00000363. The minimum absolute atomic E-state index is 0. The molecule has 0 atom stereocenters. The molecule has 1 aromatic heterocycles. The number of ether oxygens (including phenoxy) is 2. The molecule has 9 heteroatoms. The van der Waals surface area contributed by atoms with E-state index in [9.17, 15) is 0 Å². The summed E-state index contributed by atoms with van der Waals surface area (Å²) in [6.45, 7) is 10.4. The van der Waals surface area contributed by atoms with E-state index in [0.29, 0.717) is 19.8 Å². The van der Waals surface area contributed by atoms with Crippen LogP contribution in [0.15, 0.2) is 23.2 Å². The molecule has 0 amide bonds. The molecule has 8 nitrogen and oxygen atoms in total. The van der Waals surface area contributed by atoms with Crippen LogP contribution in [-0.2, 0) is 25.9 Å². The molecule has 0 saturated heterocycles. The van der Waals surface area contributed by atoms with Gasteiger partial charge in [0.2, 0.25) is 0 Å². The van der Waals surface area contributed by atoms with Crippen molar-refractivity contribution in [1.29, 1.82) is 0 Å². The molecular formula is C23H37IN6O2. The van der Waals surface area contributed by atoms with Gasteiger partial charge in [-0.1, -0.05) is 12.5 Å². The second-order valence-corrected chi connectivity index (χ2v) is 7.51. The predicted molar refractivity (Wildman–Crippen MR) is 138 cm³/mol. The Morgan fingerprint density at radius 2 is 1.84 bits per heavy atom. The lowest BCUT2D eigenvalue weighted by Crippen LogP contribution is -2.38. The van der Waals surface area contributed by atoms with Crippen LogP contribution in [0, 0.1) is 0 Å². The van der Waals surface area contributed by atoms with Crippen molar-refractivity contribution in [2.75, 3.05) is 26.3 Å². The van der Waals surface area contributed by atoms with Crippen molar-refractivity contribution in [3.05, 3.63) is 35.4 Å². The summed E-state index contributed by atoms with van der Waals surface area (Å²) in [5.41, 5.74) is 1.19. The van der Waals surface area contributed by atoms with Crippen LogP contribution in [0.4, 0.5) is 0 Å². The van der Waals surface area contributed by atoms with E-state index in [1.54, 1.807) is 0 Å². The van der Waals surface area contributed by atoms with Gasteiger partial charge in [-0.3, -0.25) is 0 Å². The first-order chi connectivity index (χ1) is 15.2. The van der Waals surface area contributed by atoms with Crippen molar-refractivity contribution >= 4 is 29.9 Å². The van der Waals surface area contributed by atoms with E-state index < -0.39 is 0 Å². The predicted octanol–water partition coefficient (Wildman–Crippen LogP) is 3.72. The Morgan fingerprint density at radius 3 is 2.62 bits per heavy atom. The molecule has 2 N–H and O–H groups in total. The lowest BCUT2D eigenvalue weighted by molar-refractivity contribution is 0.287. The van der Waals surface area contributed by atoms with Gasteiger partial charge in [0.15, 0.2) is 23.3 Å². The highest BCUT2D eigenvalue weighted by atomic mass is 127. The molecule has 0 fully saturated rings. The van der Waals surface area contributed by atoms with Gasteiger partial charge in [0.05, 0.1) is 13.2 Å². The van der Waals surface area contributed by atoms with Crippen molar-refractivity contribution in [3.63, 3.8) is 0 Å². The first-order valence-corrected chi connectivity index (χ1v) is 11.6. The highest BCUT2D eigenvalue weighted by molar-refractivity contribution is 14.0. The van der Waals surface area contributed by atoms with Crippen molar-refractivity contribution in [3.8, 4) is 11.5 Å². The number of aliphatic imine (C=N–C) groups is 1. The van der Waals surface area contributed by atoms with E-state index in [0.717, 1.165) is 61.6 Å². The van der Waals surface area contributed by atoms with Crippen LogP contribution >= 0.6 is 24.0 Å². The third-order valence-corrected chi connectivity index (χ3v) is 5.22. The number of hydrogen-bond donors (Lipinski definition) is 2. The fraction of sp³-hybridized carbons (Fsp3) is 0.609. The third kappa shape index (κ3) is 7.53. The van der Waals surface area contributed by atoms with Crippen molar-refractivity contribution in [1.82, 2.24) is 25.4 Å². The molecule has 178 valence electrons. The quantitative estimate of drug-likeness (QED) is 0.264. The first-order valence-electron chi connectivity index (χ1n) is 11.6. The zero-order chi connectivity index (χ0) is 21.9. The Kier molecular flexibility index (Phi) is 11.6. The fourth-order valence-corrected chi connectivity index (χ4v) is 3.73. The molecule has 2 heterocycles. The van der Waals surface area contributed by atoms with Crippen LogP contribution in [0.5, 0.6) is 11.5 Å². The largest absolute Gasteiger partial charge is 0.490 e. The lowest BCUT2D eigenvalue weighted by atomic mass is 10.1. The number of aryl methyl sites for hydroxylation is 1. The summed E-state index contributed by atoms with van der Waals surface area (Å²) in [5.74, 6) is 4.44. The minimum atomic E-state index is 0.